The van der Waals surface area contributed by atoms with Gasteiger partial charge in [0.1, 0.15) is 0 Å². The van der Waals surface area contributed by atoms with E-state index < -0.39 is 0 Å². The van der Waals surface area contributed by atoms with Crippen molar-refractivity contribution in [1.29, 1.82) is 0 Å². The Balaban J connectivity index is 2.58. The van der Waals surface area contributed by atoms with Crippen molar-refractivity contribution >= 4 is 21.1 Å². The molecular formula is C12H19NSn. The topological polar surface area (TPSA) is 12.0 Å². The Kier molecular flexibility index (Phi) is 6.28. The molecule has 1 N–H and O–H groups in total. The summed E-state index contributed by atoms with van der Waals surface area (Å²) >= 11 is -0.0876. The first kappa shape index (κ1) is 12.1. The number of hydrogen-bond acceptors (Lipinski definition) is 1. The Morgan fingerprint density at radius 3 is 2.57 bits per heavy atom. The molecule has 0 spiro atoms. The Labute approximate surface area is 97.5 Å². The molecule has 0 saturated carbocycles. The Hall–Kier alpha value is -0.0213. The summed E-state index contributed by atoms with van der Waals surface area (Å²) in [6.45, 7) is 3.46. The van der Waals surface area contributed by atoms with Gasteiger partial charge in [-0.25, -0.2) is 0 Å². The van der Waals surface area contributed by atoms with E-state index in [9.17, 15) is 0 Å². The van der Waals surface area contributed by atoms with Gasteiger partial charge in [0.15, 0.2) is 0 Å². The maximum absolute atomic E-state index is 3.30. The van der Waals surface area contributed by atoms with Gasteiger partial charge in [0.2, 0.25) is 0 Å². The quantitative estimate of drug-likeness (QED) is 0.796. The van der Waals surface area contributed by atoms with E-state index >= 15 is 0 Å². The fourth-order valence-corrected chi connectivity index (χ4v) is 4.50. The first-order valence-corrected chi connectivity index (χ1v) is 9.32. The fourth-order valence-electron chi connectivity index (χ4n) is 1.60. The first-order valence-electron chi connectivity index (χ1n) is 5.28. The van der Waals surface area contributed by atoms with Crippen LogP contribution in [-0.2, 0) is 0 Å². The van der Waals surface area contributed by atoms with Crippen molar-refractivity contribution in [3.05, 3.63) is 35.9 Å². The van der Waals surface area contributed by atoms with Crippen molar-refractivity contribution < 1.29 is 0 Å². The molecule has 2 heteroatoms. The molecule has 1 nitrogen and oxygen atoms in total. The zero-order valence-corrected chi connectivity index (χ0v) is 11.9. The summed E-state index contributed by atoms with van der Waals surface area (Å²) in [6, 6.07) is 10.9. The maximum atomic E-state index is 3.30. The number of benzene rings is 1. The summed E-state index contributed by atoms with van der Waals surface area (Å²) in [4.78, 5) is 0. The molecular weight excluding hydrogens is 277 g/mol. The van der Waals surface area contributed by atoms with Gasteiger partial charge in [-0.3, -0.25) is 0 Å². The van der Waals surface area contributed by atoms with Crippen LogP contribution in [0.15, 0.2) is 30.3 Å². The monoisotopic (exact) mass is 297 g/mol. The van der Waals surface area contributed by atoms with Crippen molar-refractivity contribution in [3.63, 3.8) is 0 Å². The van der Waals surface area contributed by atoms with Gasteiger partial charge in [0.05, 0.1) is 0 Å². The van der Waals surface area contributed by atoms with Gasteiger partial charge in [-0.05, 0) is 0 Å². The van der Waals surface area contributed by atoms with Crippen LogP contribution in [0.1, 0.15) is 18.4 Å². The molecule has 1 atom stereocenters. The van der Waals surface area contributed by atoms with Gasteiger partial charge in [-0.1, -0.05) is 0 Å². The first-order chi connectivity index (χ1) is 6.88. The summed E-state index contributed by atoms with van der Waals surface area (Å²) in [5, 5.41) is 3.30. The second kappa shape index (κ2) is 7.29. The molecule has 0 bridgehead atoms. The van der Waals surface area contributed by atoms with E-state index in [2.05, 4.69) is 42.6 Å². The normalized spacial score (nSPS) is 12.7. The van der Waals surface area contributed by atoms with Crippen molar-refractivity contribution in [3.8, 4) is 0 Å². The number of nitrogens with one attached hydrogen (secondary N) is 1. The molecule has 76 valence electrons. The van der Waals surface area contributed by atoms with Crippen LogP contribution in [0.3, 0.4) is 0 Å². The zero-order chi connectivity index (χ0) is 10.2. The zero-order valence-electron chi connectivity index (χ0n) is 9.09. The Bertz CT molecular complexity index is 235. The molecule has 0 aliphatic heterocycles. The molecule has 0 aromatic heterocycles. The van der Waals surface area contributed by atoms with E-state index in [4.69, 9.17) is 0 Å². The van der Waals surface area contributed by atoms with Crippen LogP contribution in [0.25, 0.3) is 0 Å². The average molecular weight is 296 g/mol. The van der Waals surface area contributed by atoms with Crippen LogP contribution in [0.2, 0.25) is 8.87 Å². The molecule has 1 aromatic rings. The molecule has 14 heavy (non-hydrogen) atoms. The van der Waals surface area contributed by atoms with Gasteiger partial charge in [-0.2, -0.15) is 0 Å². The van der Waals surface area contributed by atoms with E-state index in [1.165, 1.54) is 14.4 Å². The average Bonchev–Trinajstić information content (AvgIpc) is 2.25. The Morgan fingerprint density at radius 2 is 2.00 bits per heavy atom. The molecule has 0 heterocycles. The molecule has 1 rings (SSSR count). The Morgan fingerprint density at radius 1 is 1.29 bits per heavy atom. The van der Waals surface area contributed by atoms with Crippen LogP contribution in [0.5, 0.6) is 0 Å². The van der Waals surface area contributed by atoms with Crippen molar-refractivity contribution in [1.82, 2.24) is 5.32 Å². The molecule has 0 saturated heterocycles. The fraction of sp³-hybridized carbons (Fsp3) is 0.500. The summed E-state index contributed by atoms with van der Waals surface area (Å²) in [5.74, 6) is 0.757. The molecule has 0 fully saturated rings. The minimum atomic E-state index is -0.0876. The molecule has 2 radical (unpaired) electrons. The summed E-state index contributed by atoms with van der Waals surface area (Å²) in [6.07, 6.45) is 0. The number of hydrogen-bond donors (Lipinski definition) is 1. The summed E-state index contributed by atoms with van der Waals surface area (Å²) in [5.41, 5.74) is 1.51. The van der Waals surface area contributed by atoms with Crippen LogP contribution in [-0.4, -0.2) is 34.7 Å². The van der Waals surface area contributed by atoms with E-state index in [1.807, 2.05) is 7.05 Å². The SMILES string of the molecule is C[CH2][Sn][CH2]C(CNC)c1ccccc1. The molecule has 1 aromatic carbocycles. The third kappa shape index (κ3) is 4.01. The second-order valence-electron chi connectivity index (χ2n) is 3.47. The second-order valence-corrected chi connectivity index (χ2v) is 8.08. The van der Waals surface area contributed by atoms with Gasteiger partial charge in [0.25, 0.3) is 0 Å². The third-order valence-electron chi connectivity index (χ3n) is 2.36. The predicted molar refractivity (Wildman–Crippen MR) is 64.2 cm³/mol. The molecule has 0 amide bonds. The minimum absolute atomic E-state index is 0.0876. The van der Waals surface area contributed by atoms with Crippen molar-refractivity contribution in [2.45, 2.75) is 21.7 Å². The van der Waals surface area contributed by atoms with Gasteiger partial charge in [-0.15, -0.1) is 0 Å². The standard InChI is InChI=1S/C10H14N.C2H5.Sn/c1-9(8-11-2)10-6-4-3-5-7-10;1-2;/h3-7,9,11H,1,8H2,2H3;1H2,2H3;. The van der Waals surface area contributed by atoms with E-state index in [1.54, 1.807) is 0 Å². The molecule has 0 aliphatic rings. The molecule has 0 aliphatic carbocycles. The van der Waals surface area contributed by atoms with Crippen molar-refractivity contribution in [2.24, 2.45) is 0 Å². The third-order valence-corrected chi connectivity index (χ3v) is 6.02. The van der Waals surface area contributed by atoms with Crippen LogP contribution in [0, 0.1) is 0 Å². The van der Waals surface area contributed by atoms with Crippen LogP contribution < -0.4 is 5.32 Å². The van der Waals surface area contributed by atoms with Crippen LogP contribution in [0.4, 0.5) is 0 Å². The number of likely N-dealkylation sites (N-methyl/N-ethyl adjacent to an activating group) is 1. The van der Waals surface area contributed by atoms with Crippen molar-refractivity contribution in [2.75, 3.05) is 13.6 Å². The number of rotatable bonds is 6. The summed E-state index contributed by atoms with van der Waals surface area (Å²) < 4.78 is 2.92. The molecule has 1 unspecified atom stereocenters. The van der Waals surface area contributed by atoms with Gasteiger partial charge < -0.3 is 0 Å². The predicted octanol–water partition coefficient (Wildman–Crippen LogP) is 2.55. The van der Waals surface area contributed by atoms with E-state index in [0.717, 1.165) is 12.5 Å². The summed E-state index contributed by atoms with van der Waals surface area (Å²) in [7, 11) is 2.05. The van der Waals surface area contributed by atoms with E-state index in [-0.39, 0.29) is 21.1 Å². The van der Waals surface area contributed by atoms with Gasteiger partial charge >= 0.3 is 97.7 Å². The van der Waals surface area contributed by atoms with Gasteiger partial charge in [0, 0.05) is 0 Å². The van der Waals surface area contributed by atoms with Crippen LogP contribution >= 0.6 is 0 Å². The van der Waals surface area contributed by atoms with E-state index in [0.29, 0.717) is 0 Å².